The lowest BCUT2D eigenvalue weighted by molar-refractivity contribution is 0.0950. The number of carbonyl (C=O) groups is 1. The van der Waals surface area contributed by atoms with Crippen molar-refractivity contribution in [1.82, 2.24) is 5.32 Å². The second-order valence-electron chi connectivity index (χ2n) is 5.18. The summed E-state index contributed by atoms with van der Waals surface area (Å²) >= 11 is 3.40. The highest BCUT2D eigenvalue weighted by molar-refractivity contribution is 9.10. The van der Waals surface area contributed by atoms with Gasteiger partial charge in [0.1, 0.15) is 5.75 Å². The molecular formula is C17H16BrNO2. The van der Waals surface area contributed by atoms with Crippen molar-refractivity contribution in [2.75, 3.05) is 7.11 Å². The van der Waals surface area contributed by atoms with Crippen molar-refractivity contribution >= 4 is 21.8 Å². The minimum atomic E-state index is -0.0400. The maximum absolute atomic E-state index is 12.3. The van der Waals surface area contributed by atoms with Crippen molar-refractivity contribution in [2.24, 2.45) is 0 Å². The standard InChI is InChI=1S/C17H16BrNO2/c1-21-16-8-7-12(9-14(16)18)17(20)19-15-10-13(15)11-5-3-2-4-6-11/h2-9,13,15H,10H2,1H3,(H,19,20). The molecule has 1 fully saturated rings. The summed E-state index contributed by atoms with van der Waals surface area (Å²) in [4.78, 5) is 12.3. The van der Waals surface area contributed by atoms with Crippen LogP contribution in [0, 0.1) is 0 Å². The number of hydrogen-bond acceptors (Lipinski definition) is 2. The molecule has 1 aliphatic rings. The highest BCUT2D eigenvalue weighted by atomic mass is 79.9. The van der Waals surface area contributed by atoms with Crippen molar-refractivity contribution in [3.8, 4) is 5.75 Å². The van der Waals surface area contributed by atoms with Gasteiger partial charge in [-0.25, -0.2) is 0 Å². The SMILES string of the molecule is COc1ccc(C(=O)NC2CC2c2ccccc2)cc1Br. The molecule has 21 heavy (non-hydrogen) atoms. The van der Waals surface area contributed by atoms with E-state index in [0.717, 1.165) is 16.6 Å². The molecule has 1 saturated carbocycles. The highest BCUT2D eigenvalue weighted by Gasteiger charge is 2.39. The van der Waals surface area contributed by atoms with Crippen LogP contribution in [0.2, 0.25) is 0 Å². The van der Waals surface area contributed by atoms with Crippen LogP contribution in [-0.4, -0.2) is 19.1 Å². The molecule has 2 aromatic rings. The van der Waals surface area contributed by atoms with Gasteiger partial charge in [0.15, 0.2) is 0 Å². The average Bonchev–Trinajstić information content (AvgIpc) is 3.27. The summed E-state index contributed by atoms with van der Waals surface area (Å²) in [6.07, 6.45) is 1.01. The fourth-order valence-electron chi connectivity index (χ4n) is 2.48. The molecular weight excluding hydrogens is 330 g/mol. The summed E-state index contributed by atoms with van der Waals surface area (Å²) in [7, 11) is 1.61. The van der Waals surface area contributed by atoms with Crippen molar-refractivity contribution in [3.63, 3.8) is 0 Å². The van der Waals surface area contributed by atoms with Gasteiger partial charge in [0.2, 0.25) is 0 Å². The van der Waals surface area contributed by atoms with Gasteiger partial charge in [-0.15, -0.1) is 0 Å². The second kappa shape index (κ2) is 5.90. The van der Waals surface area contributed by atoms with E-state index in [-0.39, 0.29) is 11.9 Å². The van der Waals surface area contributed by atoms with Crippen LogP contribution in [0.4, 0.5) is 0 Å². The van der Waals surface area contributed by atoms with Crippen LogP contribution in [0.5, 0.6) is 5.75 Å². The number of amides is 1. The number of ether oxygens (including phenoxy) is 1. The van der Waals surface area contributed by atoms with Crippen LogP contribution in [0.3, 0.4) is 0 Å². The van der Waals surface area contributed by atoms with Gasteiger partial charge in [-0.3, -0.25) is 4.79 Å². The van der Waals surface area contributed by atoms with E-state index in [9.17, 15) is 4.79 Å². The van der Waals surface area contributed by atoms with Crippen LogP contribution in [0.1, 0.15) is 28.3 Å². The van der Waals surface area contributed by atoms with E-state index in [0.29, 0.717) is 11.5 Å². The molecule has 0 heterocycles. The monoisotopic (exact) mass is 345 g/mol. The summed E-state index contributed by atoms with van der Waals surface area (Å²) in [6, 6.07) is 15.9. The van der Waals surface area contributed by atoms with E-state index in [1.165, 1.54) is 5.56 Å². The van der Waals surface area contributed by atoms with E-state index < -0.39 is 0 Å². The number of hydrogen-bond donors (Lipinski definition) is 1. The fraction of sp³-hybridized carbons (Fsp3) is 0.235. The third-order valence-electron chi connectivity index (χ3n) is 3.75. The Hall–Kier alpha value is -1.81. The molecule has 0 spiro atoms. The molecule has 1 amide bonds. The van der Waals surface area contributed by atoms with E-state index in [2.05, 4.69) is 33.4 Å². The number of carbonyl (C=O) groups excluding carboxylic acids is 1. The molecule has 1 aliphatic carbocycles. The molecule has 0 radical (unpaired) electrons. The Balaban J connectivity index is 1.64. The molecule has 0 aromatic heterocycles. The summed E-state index contributed by atoms with van der Waals surface area (Å²) < 4.78 is 5.95. The summed E-state index contributed by atoms with van der Waals surface area (Å²) in [5.41, 5.74) is 1.93. The molecule has 0 bridgehead atoms. The first-order valence-corrected chi connectivity index (χ1v) is 7.67. The number of nitrogens with one attached hydrogen (secondary N) is 1. The Morgan fingerprint density at radius 2 is 2.00 bits per heavy atom. The van der Waals surface area contributed by atoms with E-state index >= 15 is 0 Å². The topological polar surface area (TPSA) is 38.3 Å². The van der Waals surface area contributed by atoms with Crippen molar-refractivity contribution in [3.05, 3.63) is 64.1 Å². The van der Waals surface area contributed by atoms with Crippen LogP contribution in [0.15, 0.2) is 53.0 Å². The van der Waals surface area contributed by atoms with Gasteiger partial charge in [-0.2, -0.15) is 0 Å². The Labute approximate surface area is 132 Å². The average molecular weight is 346 g/mol. The summed E-state index contributed by atoms with van der Waals surface area (Å²) in [5, 5.41) is 3.08. The van der Waals surface area contributed by atoms with Crippen molar-refractivity contribution < 1.29 is 9.53 Å². The normalized spacial score (nSPS) is 19.9. The lowest BCUT2D eigenvalue weighted by Crippen LogP contribution is -2.26. The molecule has 1 N–H and O–H groups in total. The first-order chi connectivity index (χ1) is 10.2. The Kier molecular flexibility index (Phi) is 3.97. The first kappa shape index (κ1) is 14.1. The molecule has 2 atom stereocenters. The summed E-state index contributed by atoms with van der Waals surface area (Å²) in [5.74, 6) is 1.12. The molecule has 3 nitrogen and oxygen atoms in total. The summed E-state index contributed by atoms with van der Waals surface area (Å²) in [6.45, 7) is 0. The molecule has 3 rings (SSSR count). The van der Waals surface area contributed by atoms with E-state index in [1.807, 2.05) is 18.2 Å². The lowest BCUT2D eigenvalue weighted by Gasteiger charge is -2.07. The van der Waals surface area contributed by atoms with Crippen molar-refractivity contribution in [1.29, 1.82) is 0 Å². The van der Waals surface area contributed by atoms with Gasteiger partial charge in [-0.1, -0.05) is 30.3 Å². The number of rotatable bonds is 4. The lowest BCUT2D eigenvalue weighted by atomic mass is 10.1. The van der Waals surface area contributed by atoms with Crippen LogP contribution < -0.4 is 10.1 Å². The quantitative estimate of drug-likeness (QED) is 0.916. The highest BCUT2D eigenvalue weighted by Crippen LogP contribution is 2.40. The zero-order valence-electron chi connectivity index (χ0n) is 11.7. The second-order valence-corrected chi connectivity index (χ2v) is 6.04. The fourth-order valence-corrected chi connectivity index (χ4v) is 3.02. The van der Waals surface area contributed by atoms with Crippen molar-refractivity contribution in [2.45, 2.75) is 18.4 Å². The van der Waals surface area contributed by atoms with Crippen LogP contribution >= 0.6 is 15.9 Å². The molecule has 2 unspecified atom stereocenters. The third-order valence-corrected chi connectivity index (χ3v) is 4.37. The van der Waals surface area contributed by atoms with Gasteiger partial charge in [-0.05, 0) is 46.1 Å². The number of benzene rings is 2. The van der Waals surface area contributed by atoms with E-state index in [1.54, 1.807) is 25.3 Å². The molecule has 0 aliphatic heterocycles. The molecule has 2 aromatic carbocycles. The largest absolute Gasteiger partial charge is 0.496 e. The Morgan fingerprint density at radius 1 is 1.24 bits per heavy atom. The van der Waals surface area contributed by atoms with Gasteiger partial charge in [0.05, 0.1) is 11.6 Å². The minimum Gasteiger partial charge on any atom is -0.496 e. The molecule has 108 valence electrons. The van der Waals surface area contributed by atoms with E-state index in [4.69, 9.17) is 4.74 Å². The van der Waals surface area contributed by atoms with Gasteiger partial charge in [0, 0.05) is 17.5 Å². The Morgan fingerprint density at radius 3 is 2.67 bits per heavy atom. The van der Waals surface area contributed by atoms with Gasteiger partial charge >= 0.3 is 0 Å². The van der Waals surface area contributed by atoms with Gasteiger partial charge < -0.3 is 10.1 Å². The molecule has 4 heteroatoms. The molecule has 0 saturated heterocycles. The Bertz CT molecular complexity index is 657. The third kappa shape index (κ3) is 3.10. The zero-order valence-corrected chi connectivity index (χ0v) is 13.3. The maximum atomic E-state index is 12.3. The minimum absolute atomic E-state index is 0.0400. The predicted molar refractivity (Wildman–Crippen MR) is 85.7 cm³/mol. The number of methoxy groups -OCH3 is 1. The smallest absolute Gasteiger partial charge is 0.251 e. The van der Waals surface area contributed by atoms with Crippen LogP contribution in [-0.2, 0) is 0 Å². The maximum Gasteiger partial charge on any atom is 0.251 e. The number of halogens is 1. The van der Waals surface area contributed by atoms with Gasteiger partial charge in [0.25, 0.3) is 5.91 Å². The zero-order chi connectivity index (χ0) is 14.8. The van der Waals surface area contributed by atoms with Crippen LogP contribution in [0.25, 0.3) is 0 Å². The predicted octanol–water partition coefficient (Wildman–Crippen LogP) is 3.74. The first-order valence-electron chi connectivity index (χ1n) is 6.88.